The summed E-state index contributed by atoms with van der Waals surface area (Å²) in [7, 11) is -13.5. The van der Waals surface area contributed by atoms with E-state index in [9.17, 15) is 52.4 Å². The Labute approximate surface area is 395 Å². The highest BCUT2D eigenvalue weighted by atomic mass is 35.5. The third kappa shape index (κ3) is 11.0. The van der Waals surface area contributed by atoms with Gasteiger partial charge in [-0.15, -0.1) is 0 Å². The fourth-order valence-corrected chi connectivity index (χ4v) is 12.1. The number of rotatable bonds is 16. The number of sulfonamides is 3. The SMILES string of the molecule is CCCS(=O)(=O)N(c1cc(F)c(F)c(C(=O)c2ccc3ncc(Cl)nc3c2)c1F)S(=O)(=O)CCC.CCCS(=O)(=O)Nc1cc(F)c(F)c(C(=O)c2ccc3ncc(-n4ccnc4C)nc3c2)c1F. The van der Waals surface area contributed by atoms with Gasteiger partial charge in [0.1, 0.15) is 16.7 Å². The molecule has 26 heteroatoms. The van der Waals surface area contributed by atoms with Crippen LogP contribution in [-0.2, 0) is 30.1 Å². The molecule has 0 aliphatic rings. The Kier molecular flexibility index (Phi) is 15.4. The zero-order valence-corrected chi connectivity index (χ0v) is 39.6. The lowest BCUT2D eigenvalue weighted by Gasteiger charge is -2.25. The van der Waals surface area contributed by atoms with E-state index in [0.717, 1.165) is 12.1 Å². The number of benzene rings is 4. The highest BCUT2D eigenvalue weighted by Crippen LogP contribution is 2.34. The number of imidazole rings is 1. The normalized spacial score (nSPS) is 11.9. The molecule has 0 spiro atoms. The first kappa shape index (κ1) is 51.8. The van der Waals surface area contributed by atoms with E-state index in [1.165, 1.54) is 50.5 Å². The number of ketones is 2. The molecule has 0 fully saturated rings. The largest absolute Gasteiger partial charge is 0.288 e. The van der Waals surface area contributed by atoms with Crippen LogP contribution in [0.15, 0.2) is 73.3 Å². The number of carbonyl (C=O) groups excluding carboxylic acids is 2. The van der Waals surface area contributed by atoms with Crippen molar-refractivity contribution in [3.05, 3.63) is 141 Å². The van der Waals surface area contributed by atoms with E-state index in [2.05, 4.69) is 24.9 Å². The topological polar surface area (TPSA) is 221 Å². The van der Waals surface area contributed by atoms with Gasteiger partial charge >= 0.3 is 0 Å². The van der Waals surface area contributed by atoms with E-state index in [0.29, 0.717) is 28.7 Å². The third-order valence-electron chi connectivity index (χ3n) is 9.75. The number of halogens is 7. The van der Waals surface area contributed by atoms with Gasteiger partial charge in [0.25, 0.3) is 0 Å². The summed E-state index contributed by atoms with van der Waals surface area (Å²) in [5.74, 6) is -13.7. The molecule has 3 heterocycles. The molecule has 0 aliphatic carbocycles. The minimum absolute atomic E-state index is 0.0228. The van der Waals surface area contributed by atoms with Crippen LogP contribution in [0.25, 0.3) is 27.9 Å². The molecule has 16 nitrogen and oxygen atoms in total. The molecule has 0 saturated heterocycles. The number of carbonyl (C=O) groups is 2. The van der Waals surface area contributed by atoms with Crippen LogP contribution in [0.3, 0.4) is 0 Å². The van der Waals surface area contributed by atoms with Gasteiger partial charge in [0.2, 0.25) is 30.1 Å². The maximum absolute atomic E-state index is 15.6. The Morgan fingerprint density at radius 2 is 1.14 bits per heavy atom. The number of nitrogens with one attached hydrogen (secondary N) is 1. The molecule has 0 saturated carbocycles. The lowest BCUT2D eigenvalue weighted by molar-refractivity contribution is 0.102. The summed E-state index contributed by atoms with van der Waals surface area (Å²) in [5, 5.41) is -0.0228. The summed E-state index contributed by atoms with van der Waals surface area (Å²) in [6.45, 7) is 6.22. The first-order valence-corrected chi connectivity index (χ1v) is 25.6. The molecule has 7 aromatic rings. The third-order valence-corrected chi connectivity index (χ3v) is 16.0. The van der Waals surface area contributed by atoms with E-state index in [1.807, 2.05) is 4.72 Å². The highest BCUT2D eigenvalue weighted by Gasteiger charge is 2.38. The molecule has 7 rings (SSSR count). The van der Waals surface area contributed by atoms with E-state index < -0.39 is 111 Å². The minimum Gasteiger partial charge on any atom is -0.288 e. The molecule has 0 amide bonds. The van der Waals surface area contributed by atoms with Crippen LogP contribution in [0.1, 0.15) is 77.7 Å². The zero-order valence-electron chi connectivity index (χ0n) is 36.4. The summed E-state index contributed by atoms with van der Waals surface area (Å²) in [6, 6.07) is 8.01. The summed E-state index contributed by atoms with van der Waals surface area (Å²) < 4.78 is 167. The lowest BCUT2D eigenvalue weighted by atomic mass is 10.0. The lowest BCUT2D eigenvalue weighted by Crippen LogP contribution is -2.40. The van der Waals surface area contributed by atoms with Crippen molar-refractivity contribution in [1.82, 2.24) is 29.5 Å². The average molecular weight is 1040 g/mol. The maximum atomic E-state index is 15.6. The maximum Gasteiger partial charge on any atom is 0.248 e. The van der Waals surface area contributed by atoms with Gasteiger partial charge in [-0.2, -0.15) is 3.71 Å². The van der Waals surface area contributed by atoms with Gasteiger partial charge in [0, 0.05) is 35.7 Å². The number of nitrogens with zero attached hydrogens (tertiary/aromatic N) is 7. The van der Waals surface area contributed by atoms with Crippen molar-refractivity contribution in [2.24, 2.45) is 0 Å². The van der Waals surface area contributed by atoms with E-state index in [1.54, 1.807) is 30.8 Å². The van der Waals surface area contributed by atoms with Crippen LogP contribution in [0.5, 0.6) is 0 Å². The van der Waals surface area contributed by atoms with Crippen LogP contribution >= 0.6 is 11.6 Å². The number of hydrogen-bond donors (Lipinski definition) is 1. The van der Waals surface area contributed by atoms with Crippen molar-refractivity contribution >= 4 is 86.7 Å². The molecule has 4 aromatic carbocycles. The molecular formula is C43H37ClF6N8O8S3. The van der Waals surface area contributed by atoms with Crippen molar-refractivity contribution in [2.45, 2.75) is 47.0 Å². The number of fused-ring (bicyclic) bond motifs is 2. The Bertz CT molecular complexity index is 3500. The molecule has 0 unspecified atom stereocenters. The fourth-order valence-electron chi connectivity index (χ4n) is 6.74. The van der Waals surface area contributed by atoms with Gasteiger partial charge in [0.05, 0.1) is 68.5 Å². The van der Waals surface area contributed by atoms with E-state index in [4.69, 9.17) is 11.6 Å². The molecule has 1 N–H and O–H groups in total. The van der Waals surface area contributed by atoms with Gasteiger partial charge in [-0.05, 0) is 62.6 Å². The number of aryl methyl sites for hydroxylation is 1. The fraction of sp³-hybridized carbons (Fsp3) is 0.233. The van der Waals surface area contributed by atoms with Gasteiger partial charge in [0.15, 0.2) is 52.3 Å². The Balaban J connectivity index is 0.000000227. The molecular weight excluding hydrogens is 1000 g/mol. The van der Waals surface area contributed by atoms with Crippen molar-refractivity contribution in [3.63, 3.8) is 0 Å². The average Bonchev–Trinajstić information content (AvgIpc) is 3.72. The first-order valence-electron chi connectivity index (χ1n) is 20.3. The first-order chi connectivity index (χ1) is 32.4. The van der Waals surface area contributed by atoms with Gasteiger partial charge < -0.3 is 0 Å². The van der Waals surface area contributed by atoms with Crippen LogP contribution in [0.2, 0.25) is 5.15 Å². The Morgan fingerprint density at radius 3 is 1.67 bits per heavy atom. The van der Waals surface area contributed by atoms with Crippen LogP contribution in [0, 0.1) is 41.8 Å². The molecule has 364 valence electrons. The molecule has 69 heavy (non-hydrogen) atoms. The Hall–Kier alpha value is -6.57. The molecule has 0 aliphatic heterocycles. The quantitative estimate of drug-likeness (QED) is 0.0549. The van der Waals surface area contributed by atoms with Gasteiger partial charge in [-0.3, -0.25) is 28.8 Å². The van der Waals surface area contributed by atoms with Gasteiger partial charge in [-0.1, -0.05) is 32.4 Å². The second-order valence-electron chi connectivity index (χ2n) is 14.9. The highest BCUT2D eigenvalue weighted by molar-refractivity contribution is 8.10. The van der Waals surface area contributed by atoms with E-state index in [-0.39, 0.29) is 62.1 Å². The van der Waals surface area contributed by atoms with Crippen molar-refractivity contribution in [1.29, 1.82) is 0 Å². The molecule has 3 aromatic heterocycles. The molecule has 0 bridgehead atoms. The second-order valence-corrected chi connectivity index (χ2v) is 21.2. The van der Waals surface area contributed by atoms with Crippen molar-refractivity contribution in [2.75, 3.05) is 25.7 Å². The number of anilines is 2. The van der Waals surface area contributed by atoms with Crippen molar-refractivity contribution in [3.8, 4) is 5.82 Å². The summed E-state index contributed by atoms with van der Waals surface area (Å²) >= 11 is 5.78. The van der Waals surface area contributed by atoms with Crippen LogP contribution < -0.4 is 8.43 Å². The van der Waals surface area contributed by atoms with Crippen LogP contribution in [-0.4, -0.2) is 83.6 Å². The minimum atomic E-state index is -4.73. The van der Waals surface area contributed by atoms with Crippen LogP contribution in [0.4, 0.5) is 37.7 Å². The molecule has 0 atom stereocenters. The molecule has 0 radical (unpaired) electrons. The van der Waals surface area contributed by atoms with E-state index >= 15 is 8.78 Å². The smallest absolute Gasteiger partial charge is 0.248 e. The second kappa shape index (κ2) is 20.6. The summed E-state index contributed by atoms with van der Waals surface area (Å²) in [4.78, 5) is 46.8. The zero-order chi connectivity index (χ0) is 50.7. The van der Waals surface area contributed by atoms with Crippen molar-refractivity contribution < 1.29 is 61.2 Å². The standard InChI is InChI=1S/C22H18F3N5O3S.C21H19ClF3N3O5S2/c1-3-8-34(32,33)29-17-10-14(23)20(24)19(21(17)25)22(31)13-4-5-15-16(9-13)28-18(11-27-15)30-7-6-26-12(30)2;1-3-7-34(30,31)28(35(32,33)8-4-2)16-10-13(23)19(24)18(20(16)25)21(29)12-5-6-14-15(9-12)27-17(22)11-26-14/h4-7,9-11,29H,3,8H2,1-2H3;5-6,9-11H,3-4,7-8H2,1-2H3. The number of aromatic nitrogens is 6. The predicted octanol–water partition coefficient (Wildman–Crippen LogP) is 8.14. The number of hydrogen-bond acceptors (Lipinski definition) is 13. The Morgan fingerprint density at radius 1 is 0.638 bits per heavy atom. The van der Waals surface area contributed by atoms with Gasteiger partial charge in [-0.25, -0.2) is 66.5 Å². The summed E-state index contributed by atoms with van der Waals surface area (Å²) in [6.07, 6.45) is 6.11. The summed E-state index contributed by atoms with van der Waals surface area (Å²) in [5.41, 5.74) is -4.32. The monoisotopic (exact) mass is 1040 g/mol. The predicted molar refractivity (Wildman–Crippen MR) is 244 cm³/mol.